The first-order chi connectivity index (χ1) is 7.84. The number of piperidine rings is 1. The van der Waals surface area contributed by atoms with Crippen LogP contribution in [0.15, 0.2) is 24.4 Å². The summed E-state index contributed by atoms with van der Waals surface area (Å²) in [5.41, 5.74) is 0. The summed E-state index contributed by atoms with van der Waals surface area (Å²) in [7, 11) is 0. The number of nitrogens with zero attached hydrogens (tertiary/aromatic N) is 2. The molecule has 88 valence electrons. The molecule has 0 bridgehead atoms. The number of hydrogen-bond donors (Lipinski definition) is 1. The van der Waals surface area contributed by atoms with Gasteiger partial charge < -0.3 is 10.2 Å². The summed E-state index contributed by atoms with van der Waals surface area (Å²) < 4.78 is 0. The van der Waals surface area contributed by atoms with E-state index in [0.717, 1.165) is 12.4 Å². The Labute approximate surface area is 97.9 Å². The van der Waals surface area contributed by atoms with E-state index >= 15 is 0 Å². The lowest BCUT2D eigenvalue weighted by molar-refractivity contribution is 0.223. The maximum atomic E-state index is 4.28. The van der Waals surface area contributed by atoms with Crippen molar-refractivity contribution < 1.29 is 0 Å². The van der Waals surface area contributed by atoms with Gasteiger partial charge in [0.2, 0.25) is 0 Å². The molecule has 1 aliphatic rings. The smallest absolute Gasteiger partial charge is 0.126 e. The molecule has 0 aromatic carbocycles. The molecule has 2 rings (SSSR count). The van der Waals surface area contributed by atoms with Gasteiger partial charge in [-0.05, 0) is 45.0 Å². The molecule has 0 aliphatic carbocycles. The lowest BCUT2D eigenvalue weighted by atomic mass is 10.1. The fourth-order valence-corrected chi connectivity index (χ4v) is 2.28. The average Bonchev–Trinajstić information content (AvgIpc) is 2.31. The van der Waals surface area contributed by atoms with Gasteiger partial charge in [0.1, 0.15) is 5.82 Å². The number of pyridine rings is 1. The third kappa shape index (κ3) is 3.49. The van der Waals surface area contributed by atoms with Crippen LogP contribution in [0.2, 0.25) is 0 Å². The maximum Gasteiger partial charge on any atom is 0.126 e. The predicted octanol–water partition coefficient (Wildman–Crippen LogP) is 2.37. The minimum absolute atomic E-state index is 0.466. The zero-order valence-electron chi connectivity index (χ0n) is 10.0. The lowest BCUT2D eigenvalue weighted by Crippen LogP contribution is -2.38. The Morgan fingerprint density at radius 2 is 2.12 bits per heavy atom. The van der Waals surface area contributed by atoms with Gasteiger partial charge in [-0.25, -0.2) is 4.98 Å². The normalized spacial score (nSPS) is 19.3. The van der Waals surface area contributed by atoms with E-state index < -0.39 is 0 Å². The Balaban J connectivity index is 1.77. The largest absolute Gasteiger partial charge is 0.366 e. The fourth-order valence-electron chi connectivity index (χ4n) is 2.28. The fraction of sp³-hybridized carbons (Fsp3) is 0.615. The summed E-state index contributed by atoms with van der Waals surface area (Å²) in [6.45, 7) is 5.86. The zero-order chi connectivity index (χ0) is 11.2. The Hall–Kier alpha value is -1.09. The van der Waals surface area contributed by atoms with Gasteiger partial charge in [-0.2, -0.15) is 0 Å². The maximum absolute atomic E-state index is 4.28. The number of anilines is 1. The second-order valence-electron chi connectivity index (χ2n) is 4.62. The van der Waals surface area contributed by atoms with Crippen LogP contribution in [0.5, 0.6) is 0 Å². The topological polar surface area (TPSA) is 28.2 Å². The average molecular weight is 219 g/mol. The monoisotopic (exact) mass is 219 g/mol. The van der Waals surface area contributed by atoms with Crippen molar-refractivity contribution in [3.8, 4) is 0 Å². The molecule has 1 aromatic rings. The molecule has 16 heavy (non-hydrogen) atoms. The first kappa shape index (κ1) is 11.4. The van der Waals surface area contributed by atoms with E-state index in [1.807, 2.05) is 24.4 Å². The van der Waals surface area contributed by atoms with E-state index in [1.54, 1.807) is 0 Å². The summed E-state index contributed by atoms with van der Waals surface area (Å²) in [5.74, 6) is 0.979. The molecule has 1 aromatic heterocycles. The Morgan fingerprint density at radius 1 is 1.31 bits per heavy atom. The second kappa shape index (κ2) is 5.85. The predicted molar refractivity (Wildman–Crippen MR) is 67.6 cm³/mol. The zero-order valence-corrected chi connectivity index (χ0v) is 10.0. The molecule has 3 heteroatoms. The molecular weight excluding hydrogens is 198 g/mol. The highest BCUT2D eigenvalue weighted by atomic mass is 15.2. The Bertz CT molecular complexity index is 293. The van der Waals surface area contributed by atoms with Gasteiger partial charge in [-0.15, -0.1) is 0 Å². The standard InChI is InChI=1S/C13H21N3/c1-12(11-16-9-5-2-6-10-16)15-13-7-3-4-8-14-13/h3-4,7-8,12H,2,5-6,9-11H2,1H3,(H,14,15). The van der Waals surface area contributed by atoms with Crippen LogP contribution < -0.4 is 5.32 Å². The van der Waals surface area contributed by atoms with Gasteiger partial charge in [-0.1, -0.05) is 12.5 Å². The van der Waals surface area contributed by atoms with Crippen molar-refractivity contribution in [3.05, 3.63) is 24.4 Å². The van der Waals surface area contributed by atoms with Crippen LogP contribution in [0.3, 0.4) is 0 Å². The van der Waals surface area contributed by atoms with Gasteiger partial charge in [0.05, 0.1) is 0 Å². The van der Waals surface area contributed by atoms with E-state index in [4.69, 9.17) is 0 Å². The van der Waals surface area contributed by atoms with Crippen molar-refractivity contribution in [1.82, 2.24) is 9.88 Å². The SMILES string of the molecule is CC(CN1CCCCC1)Nc1ccccn1. The van der Waals surface area contributed by atoms with Gasteiger partial charge in [0.25, 0.3) is 0 Å². The molecule has 1 aliphatic heterocycles. The van der Waals surface area contributed by atoms with Crippen LogP contribution in [-0.4, -0.2) is 35.6 Å². The molecule has 1 fully saturated rings. The number of hydrogen-bond acceptors (Lipinski definition) is 3. The highest BCUT2D eigenvalue weighted by Crippen LogP contribution is 2.10. The molecule has 0 radical (unpaired) electrons. The van der Waals surface area contributed by atoms with Crippen molar-refractivity contribution in [2.24, 2.45) is 0 Å². The summed E-state index contributed by atoms with van der Waals surface area (Å²) in [6, 6.07) is 6.45. The molecule has 1 N–H and O–H groups in total. The van der Waals surface area contributed by atoms with Crippen LogP contribution in [0.4, 0.5) is 5.82 Å². The van der Waals surface area contributed by atoms with Crippen molar-refractivity contribution >= 4 is 5.82 Å². The minimum Gasteiger partial charge on any atom is -0.366 e. The van der Waals surface area contributed by atoms with E-state index in [2.05, 4.69) is 22.1 Å². The molecule has 0 amide bonds. The molecule has 1 atom stereocenters. The Morgan fingerprint density at radius 3 is 2.81 bits per heavy atom. The van der Waals surface area contributed by atoms with E-state index in [-0.39, 0.29) is 0 Å². The first-order valence-corrected chi connectivity index (χ1v) is 6.24. The molecule has 0 saturated carbocycles. The van der Waals surface area contributed by atoms with Crippen LogP contribution in [-0.2, 0) is 0 Å². The molecule has 0 spiro atoms. The van der Waals surface area contributed by atoms with E-state index in [0.29, 0.717) is 6.04 Å². The quantitative estimate of drug-likeness (QED) is 0.842. The molecule has 1 unspecified atom stereocenters. The number of rotatable bonds is 4. The third-order valence-electron chi connectivity index (χ3n) is 3.04. The molecule has 3 nitrogen and oxygen atoms in total. The van der Waals surface area contributed by atoms with Crippen molar-refractivity contribution in [1.29, 1.82) is 0 Å². The van der Waals surface area contributed by atoms with Gasteiger partial charge >= 0.3 is 0 Å². The second-order valence-corrected chi connectivity index (χ2v) is 4.62. The number of aromatic nitrogens is 1. The third-order valence-corrected chi connectivity index (χ3v) is 3.04. The molecular formula is C13H21N3. The van der Waals surface area contributed by atoms with E-state index in [9.17, 15) is 0 Å². The summed E-state index contributed by atoms with van der Waals surface area (Å²) in [6.07, 6.45) is 5.95. The van der Waals surface area contributed by atoms with Crippen LogP contribution >= 0.6 is 0 Å². The van der Waals surface area contributed by atoms with Gasteiger partial charge in [0.15, 0.2) is 0 Å². The number of nitrogens with one attached hydrogen (secondary N) is 1. The summed E-state index contributed by atoms with van der Waals surface area (Å²) in [5, 5.41) is 3.44. The van der Waals surface area contributed by atoms with Crippen molar-refractivity contribution in [2.75, 3.05) is 25.0 Å². The van der Waals surface area contributed by atoms with Crippen LogP contribution in [0.1, 0.15) is 26.2 Å². The van der Waals surface area contributed by atoms with Crippen molar-refractivity contribution in [3.63, 3.8) is 0 Å². The lowest BCUT2D eigenvalue weighted by Gasteiger charge is -2.29. The van der Waals surface area contributed by atoms with Crippen LogP contribution in [0.25, 0.3) is 0 Å². The van der Waals surface area contributed by atoms with Crippen LogP contribution in [0, 0.1) is 0 Å². The highest BCUT2D eigenvalue weighted by molar-refractivity contribution is 5.34. The Kier molecular flexibility index (Phi) is 4.17. The number of likely N-dealkylation sites (tertiary alicyclic amines) is 1. The van der Waals surface area contributed by atoms with Gasteiger partial charge in [0, 0.05) is 18.8 Å². The summed E-state index contributed by atoms with van der Waals surface area (Å²) in [4.78, 5) is 6.83. The summed E-state index contributed by atoms with van der Waals surface area (Å²) >= 11 is 0. The molecule has 2 heterocycles. The van der Waals surface area contributed by atoms with Gasteiger partial charge in [-0.3, -0.25) is 0 Å². The highest BCUT2D eigenvalue weighted by Gasteiger charge is 2.13. The first-order valence-electron chi connectivity index (χ1n) is 6.24. The van der Waals surface area contributed by atoms with E-state index in [1.165, 1.54) is 32.4 Å². The molecule has 1 saturated heterocycles. The van der Waals surface area contributed by atoms with Crippen molar-refractivity contribution in [2.45, 2.75) is 32.2 Å². The minimum atomic E-state index is 0.466.